The van der Waals surface area contributed by atoms with Crippen LogP contribution in [0.1, 0.15) is 12.1 Å². The highest BCUT2D eigenvalue weighted by Crippen LogP contribution is 2.15. The lowest BCUT2D eigenvalue weighted by Crippen LogP contribution is -2.40. The SMILES string of the molecule is O=C(NCc1cc2cnccc2[nH]1)[C@@H]1C[C@@H](OC(F)F)CN1. The van der Waals surface area contributed by atoms with Crippen molar-refractivity contribution in [2.75, 3.05) is 6.54 Å². The fourth-order valence-electron chi connectivity index (χ4n) is 2.59. The molecule has 2 aromatic heterocycles. The molecule has 1 fully saturated rings. The molecule has 0 saturated carbocycles. The van der Waals surface area contributed by atoms with Gasteiger partial charge in [-0.25, -0.2) is 0 Å². The number of aromatic amines is 1. The smallest absolute Gasteiger partial charge is 0.345 e. The van der Waals surface area contributed by atoms with Crippen molar-refractivity contribution in [2.45, 2.75) is 31.7 Å². The van der Waals surface area contributed by atoms with Crippen LogP contribution in [0, 0.1) is 0 Å². The molecule has 3 heterocycles. The van der Waals surface area contributed by atoms with Crippen molar-refractivity contribution in [3.05, 3.63) is 30.2 Å². The molecule has 0 bridgehead atoms. The number of amides is 1. The number of ether oxygens (including phenoxy) is 1. The molecule has 0 spiro atoms. The van der Waals surface area contributed by atoms with E-state index < -0.39 is 18.8 Å². The van der Waals surface area contributed by atoms with Gasteiger partial charge in [-0.15, -0.1) is 0 Å². The second-order valence-electron chi connectivity index (χ2n) is 5.19. The Kier molecular flexibility index (Phi) is 4.30. The van der Waals surface area contributed by atoms with Crippen LogP contribution in [-0.4, -0.2) is 41.2 Å². The Morgan fingerprint density at radius 3 is 3.18 bits per heavy atom. The largest absolute Gasteiger partial charge is 0.357 e. The van der Waals surface area contributed by atoms with Gasteiger partial charge in [0.2, 0.25) is 5.91 Å². The summed E-state index contributed by atoms with van der Waals surface area (Å²) >= 11 is 0. The molecule has 3 rings (SSSR count). The summed E-state index contributed by atoms with van der Waals surface area (Å²) in [4.78, 5) is 19.2. The maximum absolute atomic E-state index is 12.1. The number of fused-ring (bicyclic) bond motifs is 1. The van der Waals surface area contributed by atoms with E-state index in [1.165, 1.54) is 0 Å². The molecule has 1 amide bonds. The number of rotatable bonds is 5. The van der Waals surface area contributed by atoms with Crippen molar-refractivity contribution >= 4 is 16.8 Å². The molecule has 0 aromatic carbocycles. The molecule has 118 valence electrons. The number of hydrogen-bond acceptors (Lipinski definition) is 4. The number of carbonyl (C=O) groups excluding carboxylic acids is 1. The third-order valence-electron chi connectivity index (χ3n) is 3.63. The van der Waals surface area contributed by atoms with Crippen LogP contribution in [0.25, 0.3) is 10.9 Å². The summed E-state index contributed by atoms with van der Waals surface area (Å²) in [6.07, 6.45) is 3.04. The van der Waals surface area contributed by atoms with Crippen molar-refractivity contribution in [2.24, 2.45) is 0 Å². The highest BCUT2D eigenvalue weighted by atomic mass is 19.3. The Morgan fingerprint density at radius 2 is 2.41 bits per heavy atom. The van der Waals surface area contributed by atoms with Crippen LogP contribution >= 0.6 is 0 Å². The molecular formula is C14H16F2N4O2. The summed E-state index contributed by atoms with van der Waals surface area (Å²) in [7, 11) is 0. The van der Waals surface area contributed by atoms with E-state index in [0.717, 1.165) is 16.6 Å². The van der Waals surface area contributed by atoms with Gasteiger partial charge in [-0.3, -0.25) is 9.78 Å². The lowest BCUT2D eigenvalue weighted by Gasteiger charge is -2.11. The van der Waals surface area contributed by atoms with Gasteiger partial charge < -0.3 is 20.4 Å². The van der Waals surface area contributed by atoms with Crippen LogP contribution in [-0.2, 0) is 16.1 Å². The lowest BCUT2D eigenvalue weighted by molar-refractivity contribution is -0.157. The number of nitrogens with zero attached hydrogens (tertiary/aromatic N) is 1. The second-order valence-corrected chi connectivity index (χ2v) is 5.19. The van der Waals surface area contributed by atoms with Gasteiger partial charge in [-0.05, 0) is 18.6 Å². The zero-order chi connectivity index (χ0) is 15.5. The minimum absolute atomic E-state index is 0.225. The molecule has 0 aliphatic carbocycles. The van der Waals surface area contributed by atoms with E-state index >= 15 is 0 Å². The van der Waals surface area contributed by atoms with Crippen LogP contribution in [0.2, 0.25) is 0 Å². The zero-order valence-electron chi connectivity index (χ0n) is 11.7. The van der Waals surface area contributed by atoms with E-state index in [1.54, 1.807) is 12.4 Å². The van der Waals surface area contributed by atoms with Crippen molar-refractivity contribution < 1.29 is 18.3 Å². The first-order valence-corrected chi connectivity index (χ1v) is 6.98. The summed E-state index contributed by atoms with van der Waals surface area (Å²) in [5.74, 6) is -0.225. The molecule has 1 aliphatic heterocycles. The van der Waals surface area contributed by atoms with Crippen LogP contribution in [0.5, 0.6) is 0 Å². The second kappa shape index (κ2) is 6.37. The Labute approximate surface area is 125 Å². The molecule has 8 heteroatoms. The number of aromatic nitrogens is 2. The topological polar surface area (TPSA) is 79.0 Å². The minimum atomic E-state index is -2.81. The van der Waals surface area contributed by atoms with Crippen molar-refractivity contribution in [3.63, 3.8) is 0 Å². The fourth-order valence-corrected chi connectivity index (χ4v) is 2.59. The van der Waals surface area contributed by atoms with Gasteiger partial charge in [0.1, 0.15) is 0 Å². The third kappa shape index (κ3) is 3.40. The monoisotopic (exact) mass is 310 g/mol. The van der Waals surface area contributed by atoms with Gasteiger partial charge in [0, 0.05) is 35.5 Å². The summed E-state index contributed by atoms with van der Waals surface area (Å²) < 4.78 is 28.7. The van der Waals surface area contributed by atoms with Gasteiger partial charge >= 0.3 is 6.61 Å². The van der Waals surface area contributed by atoms with Crippen LogP contribution in [0.15, 0.2) is 24.5 Å². The molecule has 22 heavy (non-hydrogen) atoms. The van der Waals surface area contributed by atoms with Gasteiger partial charge in [-0.1, -0.05) is 0 Å². The number of carbonyl (C=O) groups is 1. The Bertz CT molecular complexity index is 628. The van der Waals surface area contributed by atoms with Crippen LogP contribution in [0.3, 0.4) is 0 Å². The molecule has 2 atom stereocenters. The summed E-state index contributed by atoms with van der Waals surface area (Å²) in [5.41, 5.74) is 1.80. The Balaban J connectivity index is 1.52. The number of H-pyrrole nitrogens is 1. The molecule has 6 nitrogen and oxygen atoms in total. The van der Waals surface area contributed by atoms with Crippen molar-refractivity contribution in [3.8, 4) is 0 Å². The maximum atomic E-state index is 12.1. The zero-order valence-corrected chi connectivity index (χ0v) is 11.7. The molecule has 2 aromatic rings. The summed E-state index contributed by atoms with van der Waals surface area (Å²) in [6.45, 7) is -2.22. The number of hydrogen-bond donors (Lipinski definition) is 3. The van der Waals surface area contributed by atoms with E-state index in [1.807, 2.05) is 12.1 Å². The molecule has 0 unspecified atom stereocenters. The number of nitrogens with one attached hydrogen (secondary N) is 3. The average molecular weight is 310 g/mol. The third-order valence-corrected chi connectivity index (χ3v) is 3.63. The predicted octanol–water partition coefficient (Wildman–Crippen LogP) is 1.15. The van der Waals surface area contributed by atoms with E-state index in [2.05, 4.69) is 25.3 Å². The van der Waals surface area contributed by atoms with E-state index in [0.29, 0.717) is 6.54 Å². The van der Waals surface area contributed by atoms with E-state index in [4.69, 9.17) is 0 Å². The predicted molar refractivity (Wildman–Crippen MR) is 75.2 cm³/mol. The number of alkyl halides is 2. The summed E-state index contributed by atoms with van der Waals surface area (Å²) in [6, 6.07) is 3.26. The van der Waals surface area contributed by atoms with Crippen molar-refractivity contribution in [1.82, 2.24) is 20.6 Å². The fraction of sp³-hybridized carbons (Fsp3) is 0.429. The first kappa shape index (κ1) is 14.9. The van der Waals surface area contributed by atoms with Crippen molar-refractivity contribution in [1.29, 1.82) is 0 Å². The molecular weight excluding hydrogens is 294 g/mol. The maximum Gasteiger partial charge on any atom is 0.345 e. The summed E-state index contributed by atoms with van der Waals surface area (Å²) in [5, 5.41) is 6.63. The Hall–Kier alpha value is -2.06. The minimum Gasteiger partial charge on any atom is -0.357 e. The molecule has 0 radical (unpaired) electrons. The lowest BCUT2D eigenvalue weighted by atomic mass is 10.2. The van der Waals surface area contributed by atoms with Gasteiger partial charge in [0.15, 0.2) is 0 Å². The standard InChI is InChI=1S/C14H16F2N4O2/c15-14(16)22-10-4-12(18-7-10)13(21)19-6-9-3-8-5-17-2-1-11(8)20-9/h1-3,5,10,12,14,18,20H,4,6-7H2,(H,19,21)/t10-,12+/m1/s1. The molecule has 3 N–H and O–H groups in total. The van der Waals surface area contributed by atoms with E-state index in [9.17, 15) is 13.6 Å². The van der Waals surface area contributed by atoms with Crippen LogP contribution in [0.4, 0.5) is 8.78 Å². The first-order chi connectivity index (χ1) is 10.6. The normalized spacial score (nSPS) is 21.6. The Morgan fingerprint density at radius 1 is 1.55 bits per heavy atom. The number of pyridine rings is 1. The molecule has 1 saturated heterocycles. The van der Waals surface area contributed by atoms with Gasteiger partial charge in [0.05, 0.1) is 18.7 Å². The first-order valence-electron chi connectivity index (χ1n) is 6.98. The average Bonchev–Trinajstić information content (AvgIpc) is 3.10. The van der Waals surface area contributed by atoms with Gasteiger partial charge in [0.25, 0.3) is 0 Å². The number of halogens is 2. The van der Waals surface area contributed by atoms with Gasteiger partial charge in [-0.2, -0.15) is 8.78 Å². The van der Waals surface area contributed by atoms with E-state index in [-0.39, 0.29) is 18.9 Å². The quantitative estimate of drug-likeness (QED) is 0.774. The molecule has 1 aliphatic rings. The van der Waals surface area contributed by atoms with Crippen LogP contribution < -0.4 is 10.6 Å². The highest BCUT2D eigenvalue weighted by Gasteiger charge is 2.31. The highest BCUT2D eigenvalue weighted by molar-refractivity contribution is 5.82.